The number of carbonyl (C=O) groups is 4. The molecule has 0 N–H and O–H groups in total. The van der Waals surface area contributed by atoms with Crippen LogP contribution in [0.25, 0.3) is 0 Å². The maximum Gasteiger partial charge on any atom is 0.238 e. The number of halogens is 4. The number of fused-ring (bicyclic) bond motifs is 10. The Morgan fingerprint density at radius 3 is 1.15 bits per heavy atom. The van der Waals surface area contributed by atoms with E-state index >= 15 is 0 Å². The zero-order valence-electron chi connectivity index (χ0n) is 17.7. The molecule has 6 aliphatic rings. The molecule has 0 radical (unpaired) electrons. The third-order valence-corrected chi connectivity index (χ3v) is 15.7. The average Bonchev–Trinajstić information content (AvgIpc) is 3.61. The quantitative estimate of drug-likeness (QED) is 0.339. The average molecular weight is 720 g/mol. The Morgan fingerprint density at radius 2 is 0.853 bits per heavy atom. The van der Waals surface area contributed by atoms with Gasteiger partial charge < -0.3 is 0 Å². The Kier molecular flexibility index (Phi) is 4.97. The molecule has 10 heteroatoms. The maximum atomic E-state index is 13.4. The van der Waals surface area contributed by atoms with Gasteiger partial charge in [-0.1, -0.05) is 69.8 Å². The van der Waals surface area contributed by atoms with Gasteiger partial charge in [-0.3, -0.25) is 19.2 Å². The molecule has 2 heterocycles. The third kappa shape index (κ3) is 2.62. The molecule has 34 heavy (non-hydrogen) atoms. The fraction of sp³-hybridized carbons (Fsp3) is 0.583. The van der Waals surface area contributed by atoms with Crippen LogP contribution in [-0.4, -0.2) is 42.9 Å². The van der Waals surface area contributed by atoms with Gasteiger partial charge in [0.25, 0.3) is 0 Å². The first kappa shape index (κ1) is 22.6. The molecule has 1 aromatic rings. The van der Waals surface area contributed by atoms with E-state index in [4.69, 9.17) is 0 Å². The summed E-state index contributed by atoms with van der Waals surface area (Å²) in [5.41, 5.74) is 0.881. The van der Waals surface area contributed by atoms with Crippen molar-refractivity contribution in [2.24, 2.45) is 47.3 Å². The van der Waals surface area contributed by atoms with Crippen LogP contribution in [0.2, 0.25) is 0 Å². The summed E-state index contributed by atoms with van der Waals surface area (Å²) in [6.07, 6.45) is 1.75. The van der Waals surface area contributed by atoms with Crippen LogP contribution in [0.3, 0.4) is 0 Å². The smallest absolute Gasteiger partial charge is 0.238 e. The number of rotatable bonds is 2. The lowest BCUT2D eigenvalue weighted by atomic mass is 9.81. The molecule has 12 atom stereocenters. The van der Waals surface area contributed by atoms with Crippen molar-refractivity contribution >= 4 is 98.7 Å². The second kappa shape index (κ2) is 7.48. The lowest BCUT2D eigenvalue weighted by Gasteiger charge is -2.28. The molecule has 6 fully saturated rings. The van der Waals surface area contributed by atoms with Crippen LogP contribution in [0.15, 0.2) is 24.3 Å². The van der Waals surface area contributed by atoms with Crippen LogP contribution in [0, 0.1) is 47.3 Å². The number of anilines is 2. The van der Waals surface area contributed by atoms with Gasteiger partial charge in [0.2, 0.25) is 23.6 Å². The first-order valence-corrected chi connectivity index (χ1v) is 15.3. The van der Waals surface area contributed by atoms with Gasteiger partial charge in [-0.15, -0.1) is 0 Å². The summed E-state index contributed by atoms with van der Waals surface area (Å²) in [6.45, 7) is 0. The number of hydrogen-bond donors (Lipinski definition) is 0. The van der Waals surface area contributed by atoms with E-state index in [1.54, 1.807) is 24.3 Å². The molecule has 0 spiro atoms. The zero-order valence-corrected chi connectivity index (χ0v) is 24.0. The first-order chi connectivity index (χ1) is 16.2. The fourth-order valence-electron chi connectivity index (χ4n) is 7.98. The minimum absolute atomic E-state index is 0.134. The van der Waals surface area contributed by atoms with Crippen molar-refractivity contribution in [2.75, 3.05) is 9.80 Å². The van der Waals surface area contributed by atoms with E-state index in [2.05, 4.69) is 63.7 Å². The first-order valence-electron chi connectivity index (χ1n) is 11.6. The topological polar surface area (TPSA) is 74.8 Å². The molecule has 6 nitrogen and oxygen atoms in total. The molecule has 4 amide bonds. The number of imide groups is 2. The van der Waals surface area contributed by atoms with Gasteiger partial charge >= 0.3 is 0 Å². The minimum atomic E-state index is -0.309. The standard InChI is InChI=1S/C24H20Br4N2O4/c25-17-9-5-10(18(17)26)14-13(9)21(31)29(22(14)32)7-2-1-3-8(4-7)30-23(33)15-11-6-12(16(15)24(30)34)20(28)19(11)27/h1-4,9-20H,5-6H2. The van der Waals surface area contributed by atoms with Crippen molar-refractivity contribution in [1.82, 2.24) is 0 Å². The Bertz CT molecular complexity index is 1030. The van der Waals surface area contributed by atoms with E-state index in [1.807, 2.05) is 0 Å². The molecule has 4 aliphatic carbocycles. The van der Waals surface area contributed by atoms with E-state index in [-0.39, 0.29) is 90.3 Å². The SMILES string of the molecule is O=C1C2C3CC(C(Br)C3Br)C2C(=O)N1c1cccc(N2C(=O)C3C4CC(C(Br)C4Br)C3C2=O)c1. The van der Waals surface area contributed by atoms with E-state index in [9.17, 15) is 19.2 Å². The van der Waals surface area contributed by atoms with Crippen LogP contribution in [0.5, 0.6) is 0 Å². The molecule has 0 aromatic heterocycles. The highest BCUT2D eigenvalue weighted by atomic mass is 79.9. The Balaban J connectivity index is 1.22. The predicted octanol–water partition coefficient (Wildman–Crippen LogP) is 4.25. The van der Waals surface area contributed by atoms with Gasteiger partial charge in [-0.05, 0) is 54.7 Å². The van der Waals surface area contributed by atoms with E-state index in [1.165, 1.54) is 9.80 Å². The van der Waals surface area contributed by atoms with Crippen molar-refractivity contribution in [1.29, 1.82) is 0 Å². The Morgan fingerprint density at radius 1 is 0.559 bits per heavy atom. The summed E-state index contributed by atoms with van der Waals surface area (Å²) in [5.74, 6) is -1.36. The molecule has 4 bridgehead atoms. The lowest BCUT2D eigenvalue weighted by Crippen LogP contribution is -2.37. The number of benzene rings is 1. The summed E-state index contributed by atoms with van der Waals surface area (Å²) in [6, 6.07) is 6.82. The summed E-state index contributed by atoms with van der Waals surface area (Å²) >= 11 is 14.9. The normalized spacial score (nSPS) is 48.5. The van der Waals surface area contributed by atoms with Crippen molar-refractivity contribution in [3.05, 3.63) is 24.3 Å². The van der Waals surface area contributed by atoms with Crippen LogP contribution in [0.1, 0.15) is 12.8 Å². The van der Waals surface area contributed by atoms with E-state index in [0.717, 1.165) is 12.8 Å². The largest absolute Gasteiger partial charge is 0.274 e. The van der Waals surface area contributed by atoms with Gasteiger partial charge in [-0.2, -0.15) is 0 Å². The Labute approximate surface area is 230 Å². The number of hydrogen-bond acceptors (Lipinski definition) is 4. The third-order valence-electron chi connectivity index (χ3n) is 9.32. The number of carbonyl (C=O) groups excluding carboxylic acids is 4. The summed E-state index contributed by atoms with van der Waals surface area (Å²) < 4.78 is 0. The number of amides is 4. The summed E-state index contributed by atoms with van der Waals surface area (Å²) in [7, 11) is 0. The van der Waals surface area contributed by atoms with E-state index < -0.39 is 0 Å². The molecular weight excluding hydrogens is 700 g/mol. The van der Waals surface area contributed by atoms with Crippen molar-refractivity contribution < 1.29 is 19.2 Å². The highest BCUT2D eigenvalue weighted by molar-refractivity contribution is 9.12. The molecule has 2 saturated heterocycles. The van der Waals surface area contributed by atoms with Crippen LogP contribution < -0.4 is 9.80 Å². The summed E-state index contributed by atoms with van der Waals surface area (Å²) in [4.78, 5) is 57.0. The van der Waals surface area contributed by atoms with Crippen molar-refractivity contribution in [3.63, 3.8) is 0 Å². The molecule has 7 rings (SSSR count). The lowest BCUT2D eigenvalue weighted by molar-refractivity contribution is -0.124. The van der Waals surface area contributed by atoms with E-state index in [0.29, 0.717) is 11.4 Å². The number of alkyl halides is 4. The van der Waals surface area contributed by atoms with Gasteiger partial charge in [-0.25, -0.2) is 9.80 Å². The van der Waals surface area contributed by atoms with Crippen LogP contribution >= 0.6 is 63.7 Å². The molecule has 178 valence electrons. The Hall–Kier alpha value is -0.580. The van der Waals surface area contributed by atoms with Gasteiger partial charge in [0, 0.05) is 19.3 Å². The van der Waals surface area contributed by atoms with Gasteiger partial charge in [0.1, 0.15) is 0 Å². The molecule has 12 unspecified atom stereocenters. The minimum Gasteiger partial charge on any atom is -0.274 e. The zero-order chi connectivity index (χ0) is 23.8. The highest BCUT2D eigenvalue weighted by Crippen LogP contribution is 2.62. The monoisotopic (exact) mass is 716 g/mol. The molecule has 2 aliphatic heterocycles. The number of nitrogens with zero attached hydrogens (tertiary/aromatic N) is 2. The maximum absolute atomic E-state index is 13.4. The molecular formula is C24H20Br4N2O4. The molecule has 1 aromatic carbocycles. The van der Waals surface area contributed by atoms with Crippen molar-refractivity contribution in [2.45, 2.75) is 32.2 Å². The molecule has 4 saturated carbocycles. The van der Waals surface area contributed by atoms with Crippen molar-refractivity contribution in [3.8, 4) is 0 Å². The summed E-state index contributed by atoms with van der Waals surface area (Å²) in [5, 5.41) is 0. The van der Waals surface area contributed by atoms with Crippen LogP contribution in [0.4, 0.5) is 11.4 Å². The predicted molar refractivity (Wildman–Crippen MR) is 139 cm³/mol. The second-order valence-corrected chi connectivity index (χ2v) is 14.8. The van der Waals surface area contributed by atoms with Crippen LogP contribution in [-0.2, 0) is 19.2 Å². The highest BCUT2D eigenvalue weighted by Gasteiger charge is 2.68. The van der Waals surface area contributed by atoms with Gasteiger partial charge in [0.15, 0.2) is 0 Å². The van der Waals surface area contributed by atoms with Gasteiger partial charge in [0.05, 0.1) is 35.0 Å². The fourth-order valence-corrected chi connectivity index (χ4v) is 11.7. The second-order valence-electron chi connectivity index (χ2n) is 10.6.